The first-order valence-electron chi connectivity index (χ1n) is 10.9. The Kier molecular flexibility index (Phi) is 12.0. The lowest BCUT2D eigenvalue weighted by atomic mass is 10.0. The zero-order valence-corrected chi connectivity index (χ0v) is 18.1. The normalized spacial score (nSPS) is 21.5. The highest BCUT2D eigenvalue weighted by atomic mass is 15.1. The molecular formula is C25H42N2. The summed E-state index contributed by atoms with van der Waals surface area (Å²) in [6.45, 7) is 17.5. The van der Waals surface area contributed by atoms with Gasteiger partial charge in [-0.2, -0.15) is 0 Å². The van der Waals surface area contributed by atoms with Crippen LogP contribution in [0.2, 0.25) is 0 Å². The Balaban J connectivity index is 0.000000252. The van der Waals surface area contributed by atoms with E-state index in [2.05, 4.69) is 69.2 Å². The third-order valence-corrected chi connectivity index (χ3v) is 5.39. The number of benzene rings is 1. The highest BCUT2D eigenvalue weighted by molar-refractivity contribution is 5.47. The maximum atomic E-state index is 5.73. The molecule has 1 aliphatic carbocycles. The molecule has 1 saturated heterocycles. The predicted molar refractivity (Wildman–Crippen MR) is 122 cm³/mol. The van der Waals surface area contributed by atoms with Crippen molar-refractivity contribution in [3.8, 4) is 0 Å². The highest BCUT2D eigenvalue weighted by Gasteiger charge is 2.26. The summed E-state index contributed by atoms with van der Waals surface area (Å²) in [5.74, 6) is 2.04. The van der Waals surface area contributed by atoms with Crippen molar-refractivity contribution < 1.29 is 0 Å². The Morgan fingerprint density at radius 2 is 1.89 bits per heavy atom. The van der Waals surface area contributed by atoms with Crippen LogP contribution in [0.25, 0.3) is 11.6 Å². The Hall–Kier alpha value is -1.38. The number of piperidine rings is 1. The van der Waals surface area contributed by atoms with Crippen molar-refractivity contribution in [3.63, 3.8) is 0 Å². The first-order chi connectivity index (χ1) is 13.2. The third-order valence-electron chi connectivity index (χ3n) is 5.39. The van der Waals surface area contributed by atoms with Crippen LogP contribution in [-0.2, 0) is 0 Å². The summed E-state index contributed by atoms with van der Waals surface area (Å²) in [5.41, 5.74) is 7.07. The van der Waals surface area contributed by atoms with E-state index in [1.165, 1.54) is 61.3 Å². The van der Waals surface area contributed by atoms with Crippen LogP contribution >= 0.6 is 0 Å². The number of hydrogen-bond donors (Lipinski definition) is 1. The average molecular weight is 371 g/mol. The molecule has 1 heterocycles. The Morgan fingerprint density at radius 1 is 1.19 bits per heavy atom. The molecule has 2 fully saturated rings. The second-order valence-electron chi connectivity index (χ2n) is 7.81. The molecule has 3 rings (SSSR count). The third kappa shape index (κ3) is 8.90. The molecule has 27 heavy (non-hydrogen) atoms. The minimum Gasteiger partial charge on any atom is -0.327 e. The van der Waals surface area contributed by atoms with Crippen LogP contribution < -0.4 is 16.2 Å². The number of likely N-dealkylation sites (tertiary alicyclic amines) is 1. The van der Waals surface area contributed by atoms with Crippen molar-refractivity contribution in [3.05, 3.63) is 47.9 Å². The van der Waals surface area contributed by atoms with Crippen molar-refractivity contribution >= 4 is 11.6 Å². The van der Waals surface area contributed by atoms with Gasteiger partial charge >= 0.3 is 0 Å². The molecule has 1 aromatic carbocycles. The van der Waals surface area contributed by atoms with Crippen LogP contribution in [0.4, 0.5) is 0 Å². The molecule has 1 unspecified atom stereocenters. The second-order valence-corrected chi connectivity index (χ2v) is 7.81. The Labute approximate surface area is 167 Å². The average Bonchev–Trinajstić information content (AvgIpc) is 3.50. The largest absolute Gasteiger partial charge is 0.327 e. The van der Waals surface area contributed by atoms with Gasteiger partial charge in [0.05, 0.1) is 0 Å². The first kappa shape index (κ1) is 23.7. The van der Waals surface area contributed by atoms with Gasteiger partial charge < -0.3 is 10.6 Å². The summed E-state index contributed by atoms with van der Waals surface area (Å²) in [6.07, 6.45) is 10.3. The van der Waals surface area contributed by atoms with Crippen LogP contribution in [0, 0.1) is 11.8 Å². The van der Waals surface area contributed by atoms with Gasteiger partial charge in [0, 0.05) is 19.6 Å². The molecule has 2 N–H and O–H groups in total. The summed E-state index contributed by atoms with van der Waals surface area (Å²) in [4.78, 5) is 2.67. The number of nitrogens with two attached hydrogens (primary N) is 1. The van der Waals surface area contributed by atoms with Gasteiger partial charge in [0.2, 0.25) is 0 Å². The van der Waals surface area contributed by atoms with Crippen LogP contribution in [0.3, 0.4) is 0 Å². The molecule has 0 spiro atoms. The standard InChI is InChI=1S/C13H19N.C10H19N.C2H4/c1-3-7-12-8-5-6-9-13(12)11(4-2)10-14;1-9-3-2-6-11(7-9)8-10-4-5-10;1-2/h5-9H,3-4,10,14H2,1-2H3;9-10H,2-8H2,1H3;1-2H2/b12-7-,13-11+;;. The SMILES string of the molecule is C=C.CC/C=c1/cccc/c1=C(/CC)CN.CC1CCCN(CC2CC2)C1. The molecule has 2 nitrogen and oxygen atoms in total. The van der Waals surface area contributed by atoms with Crippen molar-refractivity contribution in [2.45, 2.75) is 59.3 Å². The maximum Gasteiger partial charge on any atom is 0.0145 e. The summed E-state index contributed by atoms with van der Waals surface area (Å²) in [7, 11) is 0. The number of nitrogens with zero attached hydrogens (tertiary/aromatic N) is 1. The molecule has 152 valence electrons. The topological polar surface area (TPSA) is 29.3 Å². The lowest BCUT2D eigenvalue weighted by Crippen LogP contribution is -2.35. The van der Waals surface area contributed by atoms with Crippen molar-refractivity contribution in [2.75, 3.05) is 26.2 Å². The molecule has 2 aliphatic rings. The molecule has 0 radical (unpaired) electrons. The van der Waals surface area contributed by atoms with Gasteiger partial charge in [0.25, 0.3) is 0 Å². The fourth-order valence-corrected chi connectivity index (χ4v) is 3.78. The molecule has 0 aromatic heterocycles. The summed E-state index contributed by atoms with van der Waals surface area (Å²) in [5, 5.41) is 2.64. The van der Waals surface area contributed by atoms with E-state index in [0.717, 1.165) is 24.7 Å². The van der Waals surface area contributed by atoms with E-state index in [0.29, 0.717) is 6.54 Å². The molecule has 0 bridgehead atoms. The summed E-state index contributed by atoms with van der Waals surface area (Å²) >= 11 is 0. The Bertz CT molecular complexity index is 622. The van der Waals surface area contributed by atoms with Crippen LogP contribution in [0.5, 0.6) is 0 Å². The number of hydrogen-bond acceptors (Lipinski definition) is 2. The molecule has 1 atom stereocenters. The smallest absolute Gasteiger partial charge is 0.0145 e. The zero-order valence-electron chi connectivity index (χ0n) is 18.1. The van der Waals surface area contributed by atoms with Crippen molar-refractivity contribution in [2.24, 2.45) is 17.6 Å². The van der Waals surface area contributed by atoms with Gasteiger partial charge in [-0.15, -0.1) is 13.2 Å². The highest BCUT2D eigenvalue weighted by Crippen LogP contribution is 2.31. The van der Waals surface area contributed by atoms with Gasteiger partial charge in [-0.3, -0.25) is 0 Å². The van der Waals surface area contributed by atoms with Gasteiger partial charge in [-0.25, -0.2) is 0 Å². The van der Waals surface area contributed by atoms with E-state index in [1.54, 1.807) is 0 Å². The van der Waals surface area contributed by atoms with E-state index in [9.17, 15) is 0 Å². The minimum atomic E-state index is 0.658. The molecular weight excluding hydrogens is 328 g/mol. The van der Waals surface area contributed by atoms with E-state index < -0.39 is 0 Å². The van der Waals surface area contributed by atoms with Crippen molar-refractivity contribution in [1.29, 1.82) is 0 Å². The van der Waals surface area contributed by atoms with Crippen molar-refractivity contribution in [1.82, 2.24) is 4.90 Å². The Morgan fingerprint density at radius 3 is 2.44 bits per heavy atom. The number of rotatable bonds is 5. The fraction of sp³-hybridized carbons (Fsp3) is 0.600. The van der Waals surface area contributed by atoms with Gasteiger partial charge in [0.15, 0.2) is 0 Å². The van der Waals surface area contributed by atoms with Gasteiger partial charge in [0.1, 0.15) is 0 Å². The summed E-state index contributed by atoms with van der Waals surface area (Å²) in [6, 6.07) is 8.47. The quantitative estimate of drug-likeness (QED) is 0.782. The van der Waals surface area contributed by atoms with Gasteiger partial charge in [-0.05, 0) is 72.9 Å². The monoisotopic (exact) mass is 370 g/mol. The fourth-order valence-electron chi connectivity index (χ4n) is 3.78. The second kappa shape index (κ2) is 13.7. The molecule has 0 amide bonds. The van der Waals surface area contributed by atoms with Crippen LogP contribution in [0.15, 0.2) is 37.4 Å². The minimum absolute atomic E-state index is 0.658. The molecule has 1 aliphatic heterocycles. The lowest BCUT2D eigenvalue weighted by molar-refractivity contribution is 0.177. The molecule has 1 aromatic rings. The van der Waals surface area contributed by atoms with E-state index in [-0.39, 0.29) is 0 Å². The lowest BCUT2D eigenvalue weighted by Gasteiger charge is -2.30. The van der Waals surface area contributed by atoms with Crippen LogP contribution in [0.1, 0.15) is 59.3 Å². The zero-order chi connectivity index (χ0) is 20.1. The van der Waals surface area contributed by atoms with Gasteiger partial charge in [-0.1, -0.05) is 51.1 Å². The van der Waals surface area contributed by atoms with Crippen LogP contribution in [-0.4, -0.2) is 31.1 Å². The van der Waals surface area contributed by atoms with E-state index in [4.69, 9.17) is 5.73 Å². The molecule has 1 saturated carbocycles. The van der Waals surface area contributed by atoms with E-state index >= 15 is 0 Å². The summed E-state index contributed by atoms with van der Waals surface area (Å²) < 4.78 is 0. The molecule has 2 heteroatoms. The maximum absolute atomic E-state index is 5.73. The predicted octanol–water partition coefficient (Wildman–Crippen LogP) is 4.33. The first-order valence-corrected chi connectivity index (χ1v) is 10.9. The van der Waals surface area contributed by atoms with E-state index in [1.807, 2.05) is 0 Å².